The van der Waals surface area contributed by atoms with Gasteiger partial charge in [0, 0.05) is 6.04 Å². The molecule has 17 heavy (non-hydrogen) atoms. The van der Waals surface area contributed by atoms with Gasteiger partial charge in [-0.25, -0.2) is 8.42 Å². The average molecular weight is 259 g/mol. The molecule has 0 aromatic carbocycles. The number of rotatable bonds is 3. The maximum absolute atomic E-state index is 11.6. The Bertz CT molecular complexity index is 331. The monoisotopic (exact) mass is 259 g/mol. The lowest BCUT2D eigenvalue weighted by atomic mass is 9.83. The number of hydrogen-bond donors (Lipinski definition) is 1. The Morgan fingerprint density at radius 2 is 1.65 bits per heavy atom. The van der Waals surface area contributed by atoms with Gasteiger partial charge in [-0.2, -0.15) is 0 Å². The molecule has 2 fully saturated rings. The standard InChI is InChI=1S/C13H25NO2S/c1-14-13(11-6-4-2-3-5-7-11)12-8-9-17(15,16)10-12/h11-14H,2-10H2,1H3. The van der Waals surface area contributed by atoms with E-state index in [1.807, 2.05) is 7.05 Å². The maximum Gasteiger partial charge on any atom is 0.150 e. The van der Waals surface area contributed by atoms with Crippen molar-refractivity contribution >= 4 is 9.84 Å². The lowest BCUT2D eigenvalue weighted by Crippen LogP contribution is -2.40. The SMILES string of the molecule is CNC(C1CCCCCC1)C1CCS(=O)(=O)C1. The van der Waals surface area contributed by atoms with Crippen LogP contribution in [0.4, 0.5) is 0 Å². The van der Waals surface area contributed by atoms with Crippen LogP contribution in [0, 0.1) is 11.8 Å². The molecule has 1 saturated carbocycles. The molecule has 0 aromatic rings. The fraction of sp³-hybridized carbons (Fsp3) is 1.00. The third-order valence-corrected chi connectivity index (χ3v) is 6.31. The summed E-state index contributed by atoms with van der Waals surface area (Å²) < 4.78 is 23.2. The van der Waals surface area contributed by atoms with E-state index >= 15 is 0 Å². The van der Waals surface area contributed by atoms with Crippen LogP contribution >= 0.6 is 0 Å². The summed E-state index contributed by atoms with van der Waals surface area (Å²) in [6.45, 7) is 0. The van der Waals surface area contributed by atoms with Crippen molar-refractivity contribution in [2.45, 2.75) is 51.0 Å². The molecule has 2 atom stereocenters. The lowest BCUT2D eigenvalue weighted by molar-refractivity contribution is 0.262. The van der Waals surface area contributed by atoms with E-state index in [-0.39, 0.29) is 0 Å². The molecule has 0 radical (unpaired) electrons. The zero-order valence-electron chi connectivity index (χ0n) is 10.8. The first-order valence-corrected chi connectivity index (χ1v) is 8.82. The number of hydrogen-bond acceptors (Lipinski definition) is 3. The Morgan fingerprint density at radius 1 is 1.00 bits per heavy atom. The molecular weight excluding hydrogens is 234 g/mol. The molecule has 0 amide bonds. The zero-order chi connectivity index (χ0) is 12.3. The smallest absolute Gasteiger partial charge is 0.150 e. The largest absolute Gasteiger partial charge is 0.316 e. The van der Waals surface area contributed by atoms with Gasteiger partial charge in [0.25, 0.3) is 0 Å². The second-order valence-corrected chi connectivity index (χ2v) is 7.96. The second-order valence-electron chi connectivity index (χ2n) is 5.73. The highest BCUT2D eigenvalue weighted by Crippen LogP contribution is 2.32. The molecular formula is C13H25NO2S. The van der Waals surface area contributed by atoms with Crippen LogP contribution in [0.2, 0.25) is 0 Å². The van der Waals surface area contributed by atoms with Crippen LogP contribution in [-0.2, 0) is 9.84 Å². The summed E-state index contributed by atoms with van der Waals surface area (Å²) >= 11 is 0. The molecule has 1 aliphatic carbocycles. The van der Waals surface area contributed by atoms with Crippen LogP contribution in [0.1, 0.15) is 44.9 Å². The third kappa shape index (κ3) is 3.44. The van der Waals surface area contributed by atoms with Crippen molar-refractivity contribution in [3.05, 3.63) is 0 Å². The first-order chi connectivity index (χ1) is 8.12. The van der Waals surface area contributed by atoms with Crippen LogP contribution in [-0.4, -0.2) is 33.0 Å². The fourth-order valence-corrected chi connectivity index (χ4v) is 5.49. The third-order valence-electron chi connectivity index (χ3n) is 4.52. The molecule has 2 unspecified atom stereocenters. The van der Waals surface area contributed by atoms with Crippen molar-refractivity contribution in [2.75, 3.05) is 18.6 Å². The quantitative estimate of drug-likeness (QED) is 0.788. The van der Waals surface area contributed by atoms with E-state index in [0.29, 0.717) is 29.4 Å². The van der Waals surface area contributed by atoms with E-state index < -0.39 is 9.84 Å². The number of sulfone groups is 1. The van der Waals surface area contributed by atoms with E-state index in [2.05, 4.69) is 5.32 Å². The summed E-state index contributed by atoms with van der Waals surface area (Å²) in [5, 5.41) is 3.41. The summed E-state index contributed by atoms with van der Waals surface area (Å²) in [5.41, 5.74) is 0. The Kier molecular flexibility index (Phi) is 4.47. The van der Waals surface area contributed by atoms with Gasteiger partial charge in [0.05, 0.1) is 11.5 Å². The first-order valence-electron chi connectivity index (χ1n) is 7.00. The van der Waals surface area contributed by atoms with Gasteiger partial charge >= 0.3 is 0 Å². The van der Waals surface area contributed by atoms with Crippen molar-refractivity contribution in [1.82, 2.24) is 5.32 Å². The molecule has 4 heteroatoms. The Balaban J connectivity index is 2.00. The van der Waals surface area contributed by atoms with Gasteiger partial charge in [0.15, 0.2) is 9.84 Å². The summed E-state index contributed by atoms with van der Waals surface area (Å²) in [7, 11) is -0.738. The molecule has 1 saturated heterocycles. The lowest BCUT2D eigenvalue weighted by Gasteiger charge is -2.30. The van der Waals surface area contributed by atoms with Gasteiger partial charge < -0.3 is 5.32 Å². The van der Waals surface area contributed by atoms with Gasteiger partial charge in [-0.15, -0.1) is 0 Å². The summed E-state index contributed by atoms with van der Waals surface area (Å²) in [4.78, 5) is 0. The molecule has 2 rings (SSSR count). The van der Waals surface area contributed by atoms with Gasteiger partial charge in [-0.05, 0) is 38.1 Å². The minimum absolute atomic E-state index is 0.355. The summed E-state index contributed by atoms with van der Waals surface area (Å²) in [6, 6.07) is 0.422. The Morgan fingerprint density at radius 3 is 2.12 bits per heavy atom. The van der Waals surface area contributed by atoms with E-state index in [1.54, 1.807) is 0 Å². The molecule has 1 heterocycles. The topological polar surface area (TPSA) is 46.2 Å². The zero-order valence-corrected chi connectivity index (χ0v) is 11.6. The van der Waals surface area contributed by atoms with Crippen LogP contribution in [0.3, 0.4) is 0 Å². The van der Waals surface area contributed by atoms with E-state index in [9.17, 15) is 8.42 Å². The molecule has 2 aliphatic rings. The molecule has 1 N–H and O–H groups in total. The molecule has 0 spiro atoms. The van der Waals surface area contributed by atoms with Gasteiger partial charge in [0.2, 0.25) is 0 Å². The summed E-state index contributed by atoms with van der Waals surface area (Å²) in [5.74, 6) is 1.87. The average Bonchev–Trinajstić information content (AvgIpc) is 2.53. The predicted molar refractivity (Wildman–Crippen MR) is 70.8 cm³/mol. The van der Waals surface area contributed by atoms with Crippen LogP contribution in [0.25, 0.3) is 0 Å². The van der Waals surface area contributed by atoms with E-state index in [4.69, 9.17) is 0 Å². The highest BCUT2D eigenvalue weighted by Gasteiger charge is 2.36. The molecule has 3 nitrogen and oxygen atoms in total. The van der Waals surface area contributed by atoms with Gasteiger partial charge in [-0.1, -0.05) is 25.7 Å². The van der Waals surface area contributed by atoms with Gasteiger partial charge in [0.1, 0.15) is 0 Å². The minimum atomic E-state index is -2.74. The Labute approximate surface area is 105 Å². The van der Waals surface area contributed by atoms with E-state index in [0.717, 1.165) is 6.42 Å². The van der Waals surface area contributed by atoms with Crippen molar-refractivity contribution in [3.8, 4) is 0 Å². The van der Waals surface area contributed by atoms with Crippen molar-refractivity contribution in [2.24, 2.45) is 11.8 Å². The summed E-state index contributed by atoms with van der Waals surface area (Å²) in [6.07, 6.45) is 8.78. The number of nitrogens with one attached hydrogen (secondary N) is 1. The predicted octanol–water partition coefficient (Wildman–Crippen LogP) is 1.98. The highest BCUT2D eigenvalue weighted by molar-refractivity contribution is 7.91. The van der Waals surface area contributed by atoms with Crippen LogP contribution in [0.15, 0.2) is 0 Å². The molecule has 0 bridgehead atoms. The minimum Gasteiger partial charge on any atom is -0.316 e. The normalized spacial score (nSPS) is 32.2. The van der Waals surface area contributed by atoms with Gasteiger partial charge in [-0.3, -0.25) is 0 Å². The second kappa shape index (κ2) is 5.70. The van der Waals surface area contributed by atoms with E-state index in [1.165, 1.54) is 38.5 Å². The van der Waals surface area contributed by atoms with Crippen molar-refractivity contribution in [1.29, 1.82) is 0 Å². The molecule has 100 valence electrons. The molecule has 1 aliphatic heterocycles. The highest BCUT2D eigenvalue weighted by atomic mass is 32.2. The molecule has 0 aromatic heterocycles. The Hall–Kier alpha value is -0.0900. The fourth-order valence-electron chi connectivity index (χ4n) is 3.63. The van der Waals surface area contributed by atoms with Crippen molar-refractivity contribution in [3.63, 3.8) is 0 Å². The van der Waals surface area contributed by atoms with Crippen molar-refractivity contribution < 1.29 is 8.42 Å². The van der Waals surface area contributed by atoms with Crippen LogP contribution < -0.4 is 5.32 Å². The van der Waals surface area contributed by atoms with Crippen LogP contribution in [0.5, 0.6) is 0 Å². The first kappa shape index (κ1) is 13.3. The maximum atomic E-state index is 11.6.